The molecule has 3 unspecified atom stereocenters. The van der Waals surface area contributed by atoms with Gasteiger partial charge in [0.2, 0.25) is 17.4 Å². The van der Waals surface area contributed by atoms with Crippen molar-refractivity contribution in [2.75, 3.05) is 0 Å². The Morgan fingerprint density at radius 2 is 1.37 bits per heavy atom. The average Bonchev–Trinajstić information content (AvgIpc) is 3.58. The number of fused-ring (bicyclic) bond motifs is 13. The van der Waals surface area contributed by atoms with Crippen LogP contribution in [-0.2, 0) is 17.9 Å². The summed E-state index contributed by atoms with van der Waals surface area (Å²) >= 11 is 0. The van der Waals surface area contributed by atoms with E-state index in [4.69, 9.17) is 0 Å². The van der Waals surface area contributed by atoms with Crippen LogP contribution >= 0.6 is 0 Å². The van der Waals surface area contributed by atoms with Crippen molar-refractivity contribution < 1.29 is 35.5 Å². The molecule has 1 aliphatic carbocycles. The highest BCUT2D eigenvalue weighted by atomic mass is 19.4. The molecule has 3 aromatic carbocycles. The lowest BCUT2D eigenvalue weighted by molar-refractivity contribution is -0.771. The van der Waals surface area contributed by atoms with Crippen LogP contribution in [-0.4, -0.2) is 0 Å². The highest BCUT2D eigenvalue weighted by Gasteiger charge is 2.86. The molecule has 1 spiro atoms. The van der Waals surface area contributed by atoms with Gasteiger partial charge < -0.3 is 0 Å². The molecule has 1 saturated carbocycles. The van der Waals surface area contributed by atoms with Gasteiger partial charge in [0.15, 0.2) is 12.4 Å². The van der Waals surface area contributed by atoms with Crippen molar-refractivity contribution in [2.24, 2.45) is 0 Å². The molecule has 3 atom stereocenters. The van der Waals surface area contributed by atoms with Crippen molar-refractivity contribution in [3.05, 3.63) is 132 Å². The Morgan fingerprint density at radius 3 is 2.12 bits per heavy atom. The molecular weight excluding hydrogens is 538 g/mol. The zero-order valence-electron chi connectivity index (χ0n) is 21.2. The van der Waals surface area contributed by atoms with Crippen molar-refractivity contribution in [3.63, 3.8) is 0 Å². The predicted octanol–water partition coefficient (Wildman–Crippen LogP) is 7.71. The first-order valence-corrected chi connectivity index (χ1v) is 13.2. The van der Waals surface area contributed by atoms with Gasteiger partial charge in [0.25, 0.3) is 5.54 Å². The molecule has 202 valence electrons. The lowest BCUT2D eigenvalue weighted by Crippen LogP contribution is -2.51. The number of pyridine rings is 2. The SMILES string of the molecule is FC(F)(F)c1cc2c(c(C(F)(F)F)c1)C1C([n+]3ccccc3-2)C12c1ccccc1-c1ccc(-c3ccccc3)c[n+]12. The molecule has 0 bridgehead atoms. The number of alkyl halides is 6. The number of rotatable bonds is 1. The Hall–Kier alpha value is -4.46. The van der Waals surface area contributed by atoms with Crippen molar-refractivity contribution in [1.29, 1.82) is 0 Å². The summed E-state index contributed by atoms with van der Waals surface area (Å²) in [5.41, 5.74) is 1.21. The van der Waals surface area contributed by atoms with E-state index in [-0.39, 0.29) is 17.2 Å². The maximum absolute atomic E-state index is 14.7. The molecule has 1 fully saturated rings. The van der Waals surface area contributed by atoms with E-state index >= 15 is 0 Å². The van der Waals surface area contributed by atoms with Crippen LogP contribution in [0.4, 0.5) is 26.3 Å². The summed E-state index contributed by atoms with van der Waals surface area (Å²) in [6, 6.07) is 27.0. The van der Waals surface area contributed by atoms with Gasteiger partial charge in [0, 0.05) is 29.3 Å². The first-order valence-electron chi connectivity index (χ1n) is 13.2. The van der Waals surface area contributed by atoms with Crippen LogP contribution in [0.2, 0.25) is 0 Å². The molecule has 0 amide bonds. The molecule has 0 saturated heterocycles. The minimum atomic E-state index is -4.98. The van der Waals surface area contributed by atoms with E-state index in [1.807, 2.05) is 77.5 Å². The van der Waals surface area contributed by atoms with Crippen molar-refractivity contribution >= 4 is 0 Å². The summed E-state index contributed by atoms with van der Waals surface area (Å²) in [5, 5.41) is 0. The number of halogens is 6. The van der Waals surface area contributed by atoms with E-state index in [1.54, 1.807) is 24.4 Å². The van der Waals surface area contributed by atoms with Crippen LogP contribution in [0.15, 0.2) is 109 Å². The zero-order valence-corrected chi connectivity index (χ0v) is 21.2. The molecule has 2 aliphatic heterocycles. The van der Waals surface area contributed by atoms with E-state index in [2.05, 4.69) is 4.57 Å². The van der Waals surface area contributed by atoms with Crippen molar-refractivity contribution in [1.82, 2.24) is 0 Å². The molecule has 41 heavy (non-hydrogen) atoms. The number of benzene rings is 3. The van der Waals surface area contributed by atoms with Crippen molar-refractivity contribution in [3.8, 4) is 33.6 Å². The molecular formula is C33H20F6N2+2. The second kappa shape index (κ2) is 7.84. The Kier molecular flexibility index (Phi) is 4.66. The summed E-state index contributed by atoms with van der Waals surface area (Å²) in [5.74, 6) is -0.741. The molecule has 8 heteroatoms. The van der Waals surface area contributed by atoms with Gasteiger partial charge >= 0.3 is 12.4 Å². The van der Waals surface area contributed by atoms with Gasteiger partial charge in [-0.15, -0.1) is 0 Å². The smallest absolute Gasteiger partial charge is 0.187 e. The van der Waals surface area contributed by atoms with Gasteiger partial charge in [-0.3, -0.25) is 0 Å². The second-order valence-electron chi connectivity index (χ2n) is 10.8. The quantitative estimate of drug-likeness (QED) is 0.147. The third-order valence-corrected chi connectivity index (χ3v) is 8.81. The van der Waals surface area contributed by atoms with Crippen LogP contribution in [0, 0.1) is 0 Å². The number of nitrogens with zero attached hydrogens (tertiary/aromatic N) is 2. The molecule has 2 aromatic heterocycles. The molecule has 8 rings (SSSR count). The topological polar surface area (TPSA) is 7.76 Å². The fourth-order valence-electron chi connectivity index (χ4n) is 7.27. The van der Waals surface area contributed by atoms with E-state index < -0.39 is 41.0 Å². The normalized spacial score (nSPS) is 21.5. The number of aromatic nitrogens is 2. The van der Waals surface area contributed by atoms with E-state index in [0.717, 1.165) is 34.0 Å². The first kappa shape index (κ1) is 24.3. The molecule has 4 heterocycles. The summed E-state index contributed by atoms with van der Waals surface area (Å²) < 4.78 is 89.8. The minimum absolute atomic E-state index is 0.0309. The minimum Gasteiger partial charge on any atom is -0.187 e. The van der Waals surface area contributed by atoms with Gasteiger partial charge in [-0.05, 0) is 41.5 Å². The predicted molar refractivity (Wildman–Crippen MR) is 138 cm³/mol. The molecule has 2 nitrogen and oxygen atoms in total. The lowest BCUT2D eigenvalue weighted by atomic mass is 9.87. The molecule has 0 N–H and O–H groups in total. The van der Waals surface area contributed by atoms with Gasteiger partial charge in [0.1, 0.15) is 5.92 Å². The molecule has 5 aromatic rings. The van der Waals surface area contributed by atoms with Gasteiger partial charge in [0.05, 0.1) is 22.3 Å². The third kappa shape index (κ3) is 3.16. The third-order valence-electron chi connectivity index (χ3n) is 8.81. The number of hydrogen-bond acceptors (Lipinski definition) is 0. The van der Waals surface area contributed by atoms with Crippen LogP contribution < -0.4 is 9.13 Å². The van der Waals surface area contributed by atoms with Gasteiger partial charge in [-0.25, -0.2) is 0 Å². The fourth-order valence-corrected chi connectivity index (χ4v) is 7.27. The van der Waals surface area contributed by atoms with Crippen LogP contribution in [0.1, 0.15) is 34.2 Å². The highest BCUT2D eigenvalue weighted by molar-refractivity contribution is 5.76. The standard InChI is InChI=1S/C33H20F6N2/c34-32(35,36)21-16-23-26-12-6-7-15-40(26)30-29(28(23)25(17-21)33(37,38)39)31(30)24-11-5-4-10-22(24)27-14-13-20(18-41(27)31)19-8-2-1-3-9-19/h1-18,29-30H/q+2. The first-order chi connectivity index (χ1) is 19.6. The Labute approximate surface area is 230 Å². The molecule has 3 aliphatic rings. The van der Waals surface area contributed by atoms with E-state index in [1.165, 1.54) is 0 Å². The largest absolute Gasteiger partial charge is 0.416 e. The maximum Gasteiger partial charge on any atom is 0.416 e. The zero-order chi connectivity index (χ0) is 28.3. The Morgan fingerprint density at radius 1 is 0.634 bits per heavy atom. The Balaban J connectivity index is 1.47. The number of hydrogen-bond donors (Lipinski definition) is 0. The van der Waals surface area contributed by atoms with Gasteiger partial charge in [-0.1, -0.05) is 48.5 Å². The monoisotopic (exact) mass is 558 g/mol. The van der Waals surface area contributed by atoms with Crippen LogP contribution in [0.3, 0.4) is 0 Å². The van der Waals surface area contributed by atoms with Crippen molar-refractivity contribution in [2.45, 2.75) is 29.9 Å². The fraction of sp³-hybridized carbons (Fsp3) is 0.152. The van der Waals surface area contributed by atoms with Crippen LogP contribution in [0.5, 0.6) is 0 Å². The summed E-state index contributed by atoms with van der Waals surface area (Å²) in [6.45, 7) is 0. The summed E-state index contributed by atoms with van der Waals surface area (Å²) in [7, 11) is 0. The van der Waals surface area contributed by atoms with E-state index in [9.17, 15) is 26.3 Å². The second-order valence-corrected chi connectivity index (χ2v) is 10.8. The Bertz CT molecular complexity index is 1890. The maximum atomic E-state index is 14.7. The lowest BCUT2D eigenvalue weighted by Gasteiger charge is -2.20. The molecule has 0 radical (unpaired) electrons. The highest BCUT2D eigenvalue weighted by Crippen LogP contribution is 2.71. The van der Waals surface area contributed by atoms with Crippen LogP contribution in [0.25, 0.3) is 33.6 Å². The van der Waals surface area contributed by atoms with E-state index in [0.29, 0.717) is 5.69 Å². The van der Waals surface area contributed by atoms with Gasteiger partial charge in [-0.2, -0.15) is 35.5 Å². The average molecular weight is 559 g/mol. The summed E-state index contributed by atoms with van der Waals surface area (Å²) in [6.07, 6.45) is -6.17. The summed E-state index contributed by atoms with van der Waals surface area (Å²) in [4.78, 5) is 0.